The second-order valence-corrected chi connectivity index (χ2v) is 6.45. The number of para-hydroxylation sites is 1. The molecule has 0 radical (unpaired) electrons. The third-order valence-electron chi connectivity index (χ3n) is 2.72. The highest BCUT2D eigenvalue weighted by molar-refractivity contribution is 7.90. The van der Waals surface area contributed by atoms with Crippen molar-refractivity contribution in [3.05, 3.63) is 36.0 Å². The maximum Gasteiger partial charge on any atom is 0.337 e. The first-order valence-electron chi connectivity index (χ1n) is 5.37. The first kappa shape index (κ1) is 12.6. The Morgan fingerprint density at radius 1 is 1.33 bits per heavy atom. The van der Waals surface area contributed by atoms with E-state index >= 15 is 0 Å². The van der Waals surface area contributed by atoms with Gasteiger partial charge in [-0.1, -0.05) is 12.1 Å². The molecule has 0 fully saturated rings. The van der Waals surface area contributed by atoms with Gasteiger partial charge >= 0.3 is 5.97 Å². The summed E-state index contributed by atoms with van der Waals surface area (Å²) in [5.41, 5.74) is 0.750. The van der Waals surface area contributed by atoms with Crippen molar-refractivity contribution >= 4 is 26.7 Å². The lowest BCUT2D eigenvalue weighted by atomic mass is 10.1. The summed E-state index contributed by atoms with van der Waals surface area (Å²) in [6.07, 6.45) is 2.87. The maximum absolute atomic E-state index is 11.2. The molecule has 0 unspecified atom stereocenters. The van der Waals surface area contributed by atoms with Gasteiger partial charge in [-0.2, -0.15) is 0 Å². The Kier molecular flexibility index (Phi) is 3.13. The van der Waals surface area contributed by atoms with E-state index in [0.29, 0.717) is 5.52 Å². The molecule has 0 aliphatic carbocycles. The fraction of sp³-hybridized carbons (Fsp3) is 0.250. The second kappa shape index (κ2) is 4.45. The van der Waals surface area contributed by atoms with Crippen LogP contribution >= 0.6 is 0 Å². The maximum atomic E-state index is 11.2. The molecule has 0 aliphatic heterocycles. The Balaban J connectivity index is 2.49. The number of benzene rings is 1. The van der Waals surface area contributed by atoms with Gasteiger partial charge in [0, 0.05) is 24.4 Å². The molecule has 96 valence electrons. The molecular formula is C12H13NO4S. The number of rotatable bonds is 4. The molecule has 0 amide bonds. The van der Waals surface area contributed by atoms with Crippen LogP contribution in [0.25, 0.3) is 10.9 Å². The summed E-state index contributed by atoms with van der Waals surface area (Å²) in [4.78, 5) is 11.1. The van der Waals surface area contributed by atoms with E-state index in [2.05, 4.69) is 0 Å². The SMILES string of the molecule is CS(=O)(=O)CCn1ccc2cccc(C(=O)O)c21. The van der Waals surface area contributed by atoms with E-state index in [0.717, 1.165) is 11.6 Å². The number of hydrogen-bond donors (Lipinski definition) is 1. The molecule has 0 aliphatic rings. The van der Waals surface area contributed by atoms with Crippen molar-refractivity contribution in [2.24, 2.45) is 0 Å². The lowest BCUT2D eigenvalue weighted by Gasteiger charge is -2.06. The van der Waals surface area contributed by atoms with Crippen LogP contribution in [0.4, 0.5) is 0 Å². The summed E-state index contributed by atoms with van der Waals surface area (Å²) in [6, 6.07) is 6.77. The molecule has 1 heterocycles. The molecule has 0 spiro atoms. The number of carbonyl (C=O) groups is 1. The molecule has 2 aromatic rings. The molecule has 1 N–H and O–H groups in total. The zero-order valence-electron chi connectivity index (χ0n) is 9.83. The lowest BCUT2D eigenvalue weighted by molar-refractivity contribution is 0.0698. The molecule has 1 aromatic carbocycles. The molecule has 0 bridgehead atoms. The highest BCUT2D eigenvalue weighted by Gasteiger charge is 2.13. The molecule has 0 atom stereocenters. The van der Waals surface area contributed by atoms with Gasteiger partial charge in [-0.15, -0.1) is 0 Å². The van der Waals surface area contributed by atoms with Crippen LogP contribution in [0.1, 0.15) is 10.4 Å². The fourth-order valence-corrected chi connectivity index (χ4v) is 2.41. The summed E-state index contributed by atoms with van der Waals surface area (Å²) in [5.74, 6) is -1.02. The van der Waals surface area contributed by atoms with E-state index in [1.165, 1.54) is 6.07 Å². The molecule has 18 heavy (non-hydrogen) atoms. The van der Waals surface area contributed by atoms with Crippen LogP contribution in [0.5, 0.6) is 0 Å². The molecule has 1 aromatic heterocycles. The van der Waals surface area contributed by atoms with E-state index in [-0.39, 0.29) is 17.9 Å². The minimum atomic E-state index is -3.07. The smallest absolute Gasteiger partial charge is 0.337 e. The topological polar surface area (TPSA) is 76.4 Å². The van der Waals surface area contributed by atoms with Crippen molar-refractivity contribution in [2.45, 2.75) is 6.54 Å². The van der Waals surface area contributed by atoms with Gasteiger partial charge in [0.25, 0.3) is 0 Å². The van der Waals surface area contributed by atoms with Crippen LogP contribution in [0.2, 0.25) is 0 Å². The van der Waals surface area contributed by atoms with Gasteiger partial charge < -0.3 is 9.67 Å². The van der Waals surface area contributed by atoms with Gasteiger partial charge in [-0.3, -0.25) is 0 Å². The first-order chi connectivity index (χ1) is 8.38. The van der Waals surface area contributed by atoms with Crippen LogP contribution in [-0.4, -0.2) is 36.1 Å². The Labute approximate surface area is 105 Å². The third kappa shape index (κ3) is 2.53. The average Bonchev–Trinajstić information content (AvgIpc) is 2.68. The highest BCUT2D eigenvalue weighted by atomic mass is 32.2. The molecule has 6 heteroatoms. The number of aromatic nitrogens is 1. The van der Waals surface area contributed by atoms with E-state index in [1.807, 2.05) is 0 Å². The predicted octanol–water partition coefficient (Wildman–Crippen LogP) is 1.38. The monoisotopic (exact) mass is 267 g/mol. The fourth-order valence-electron chi connectivity index (χ4n) is 1.88. The number of fused-ring (bicyclic) bond motifs is 1. The summed E-state index contributed by atoms with van der Waals surface area (Å²) in [5, 5.41) is 9.92. The van der Waals surface area contributed by atoms with Crippen molar-refractivity contribution < 1.29 is 18.3 Å². The van der Waals surface area contributed by atoms with Gasteiger partial charge in [0.2, 0.25) is 0 Å². The van der Waals surface area contributed by atoms with Crippen LogP contribution < -0.4 is 0 Å². The normalized spacial score (nSPS) is 11.8. The van der Waals surface area contributed by atoms with Crippen molar-refractivity contribution in [1.29, 1.82) is 0 Å². The zero-order chi connectivity index (χ0) is 13.3. The van der Waals surface area contributed by atoms with Gasteiger partial charge in [0.05, 0.1) is 16.8 Å². The molecule has 2 rings (SSSR count). The molecule has 0 saturated heterocycles. The van der Waals surface area contributed by atoms with Gasteiger partial charge in [0.1, 0.15) is 9.84 Å². The first-order valence-corrected chi connectivity index (χ1v) is 7.43. The molecule has 0 saturated carbocycles. The summed E-state index contributed by atoms with van der Waals surface area (Å²) in [7, 11) is -3.07. The minimum absolute atomic E-state index is 0.00919. The number of carboxylic acid groups (broad SMARTS) is 1. The quantitative estimate of drug-likeness (QED) is 0.908. The van der Waals surface area contributed by atoms with E-state index < -0.39 is 15.8 Å². The summed E-state index contributed by atoms with van der Waals surface area (Å²) < 4.78 is 24.0. The minimum Gasteiger partial charge on any atom is -0.478 e. The van der Waals surface area contributed by atoms with Gasteiger partial charge in [0.15, 0.2) is 0 Å². The standard InChI is InChI=1S/C12H13NO4S/c1-18(16,17)8-7-13-6-5-9-3-2-4-10(11(9)13)12(14)15/h2-6H,7-8H2,1H3,(H,14,15). The zero-order valence-corrected chi connectivity index (χ0v) is 10.6. The van der Waals surface area contributed by atoms with Crippen molar-refractivity contribution in [3.8, 4) is 0 Å². The number of hydrogen-bond acceptors (Lipinski definition) is 3. The van der Waals surface area contributed by atoms with E-state index in [1.54, 1.807) is 29.0 Å². The van der Waals surface area contributed by atoms with Crippen LogP contribution in [0.3, 0.4) is 0 Å². The van der Waals surface area contributed by atoms with Crippen LogP contribution in [-0.2, 0) is 16.4 Å². The number of aromatic carboxylic acids is 1. The average molecular weight is 267 g/mol. The summed E-state index contributed by atoms with van der Waals surface area (Å²) in [6.45, 7) is 0.257. The van der Waals surface area contributed by atoms with Crippen molar-refractivity contribution in [1.82, 2.24) is 4.57 Å². The van der Waals surface area contributed by atoms with E-state index in [9.17, 15) is 13.2 Å². The Morgan fingerprint density at radius 2 is 2.06 bits per heavy atom. The highest BCUT2D eigenvalue weighted by Crippen LogP contribution is 2.20. The van der Waals surface area contributed by atoms with Gasteiger partial charge in [-0.05, 0) is 12.1 Å². The second-order valence-electron chi connectivity index (χ2n) is 4.19. The molecular weight excluding hydrogens is 254 g/mol. The number of nitrogens with zero attached hydrogens (tertiary/aromatic N) is 1. The largest absolute Gasteiger partial charge is 0.478 e. The third-order valence-corrected chi connectivity index (χ3v) is 3.65. The van der Waals surface area contributed by atoms with Crippen molar-refractivity contribution in [2.75, 3.05) is 12.0 Å². The molecule has 5 nitrogen and oxygen atoms in total. The predicted molar refractivity (Wildman–Crippen MR) is 68.6 cm³/mol. The van der Waals surface area contributed by atoms with Crippen LogP contribution in [0.15, 0.2) is 30.5 Å². The number of sulfone groups is 1. The van der Waals surface area contributed by atoms with Gasteiger partial charge in [-0.25, -0.2) is 13.2 Å². The number of aryl methyl sites for hydroxylation is 1. The Morgan fingerprint density at radius 3 is 2.67 bits per heavy atom. The number of carboxylic acids is 1. The van der Waals surface area contributed by atoms with Crippen LogP contribution in [0, 0.1) is 0 Å². The van der Waals surface area contributed by atoms with Crippen molar-refractivity contribution in [3.63, 3.8) is 0 Å². The summed E-state index contributed by atoms with van der Waals surface area (Å²) >= 11 is 0. The Hall–Kier alpha value is -1.82. The Bertz CT molecular complexity index is 700. The van der Waals surface area contributed by atoms with E-state index in [4.69, 9.17) is 5.11 Å². The lowest BCUT2D eigenvalue weighted by Crippen LogP contribution is -2.11.